The minimum Gasteiger partial charge on any atom is -0.481 e. The molecule has 0 aliphatic rings. The van der Waals surface area contributed by atoms with E-state index in [1.807, 2.05) is 30.5 Å². The number of anilines is 2. The van der Waals surface area contributed by atoms with E-state index >= 15 is 0 Å². The minimum absolute atomic E-state index is 0.291. The molecule has 0 aliphatic carbocycles. The van der Waals surface area contributed by atoms with Crippen molar-refractivity contribution in [1.29, 1.82) is 0 Å². The smallest absolute Gasteiger partial charge is 0.295 e. The summed E-state index contributed by atoms with van der Waals surface area (Å²) in [5.41, 5.74) is 4.15. The molecular formula is C23H20ClN5O3. The maximum Gasteiger partial charge on any atom is 0.295 e. The summed E-state index contributed by atoms with van der Waals surface area (Å²) in [6.45, 7) is 4.22. The van der Waals surface area contributed by atoms with Crippen molar-refractivity contribution in [3.63, 3.8) is 0 Å². The van der Waals surface area contributed by atoms with Gasteiger partial charge in [0.1, 0.15) is 5.65 Å². The third-order valence-corrected chi connectivity index (χ3v) is 5.32. The number of fused-ring (bicyclic) bond motifs is 1. The van der Waals surface area contributed by atoms with Crippen molar-refractivity contribution in [2.45, 2.75) is 20.4 Å². The largest absolute Gasteiger partial charge is 0.481 e. The number of hydrogen-bond acceptors (Lipinski definition) is 6. The summed E-state index contributed by atoms with van der Waals surface area (Å²) in [5, 5.41) is 1.29. The third kappa shape index (κ3) is 3.92. The van der Waals surface area contributed by atoms with E-state index in [1.165, 1.54) is 18.2 Å². The van der Waals surface area contributed by atoms with Crippen LogP contribution in [0.2, 0.25) is 5.02 Å². The van der Waals surface area contributed by atoms with Crippen molar-refractivity contribution < 1.29 is 14.3 Å². The van der Waals surface area contributed by atoms with Crippen LogP contribution in [0.1, 0.15) is 17.0 Å². The SMILES string of the molecule is COc1cc(N(C(=O)C=O)c2c(C)n(Cc3ccc(Cl)cn3)c3ncc(C)cc23)ccn1. The first kappa shape index (κ1) is 21.5. The number of methoxy groups -OCH3 is 1. The molecule has 0 radical (unpaired) electrons. The summed E-state index contributed by atoms with van der Waals surface area (Å²) in [6, 6.07) is 8.81. The highest BCUT2D eigenvalue weighted by molar-refractivity contribution is 6.34. The van der Waals surface area contributed by atoms with E-state index in [2.05, 4.69) is 15.0 Å². The van der Waals surface area contributed by atoms with Crippen LogP contribution in [0.15, 0.2) is 48.9 Å². The van der Waals surface area contributed by atoms with Crippen LogP contribution < -0.4 is 9.64 Å². The summed E-state index contributed by atoms with van der Waals surface area (Å²) in [6.07, 6.45) is 5.16. The van der Waals surface area contributed by atoms with Gasteiger partial charge >= 0.3 is 0 Å². The Balaban J connectivity index is 1.96. The molecule has 0 N–H and O–H groups in total. The molecule has 0 saturated carbocycles. The predicted octanol–water partition coefficient (Wildman–Crippen LogP) is 4.02. The number of nitrogens with zero attached hydrogens (tertiary/aromatic N) is 5. The summed E-state index contributed by atoms with van der Waals surface area (Å²) in [5.74, 6) is -0.390. The van der Waals surface area contributed by atoms with E-state index in [0.717, 1.165) is 22.3 Å². The van der Waals surface area contributed by atoms with Crippen molar-refractivity contribution in [3.8, 4) is 5.88 Å². The zero-order valence-corrected chi connectivity index (χ0v) is 18.5. The second-order valence-electron chi connectivity index (χ2n) is 7.22. The maximum atomic E-state index is 12.8. The molecule has 0 spiro atoms. The van der Waals surface area contributed by atoms with Gasteiger partial charge in [0.2, 0.25) is 12.2 Å². The van der Waals surface area contributed by atoms with Crippen LogP contribution >= 0.6 is 11.6 Å². The molecule has 4 rings (SSSR count). The molecule has 0 saturated heterocycles. The van der Waals surface area contributed by atoms with Crippen LogP contribution in [0, 0.1) is 13.8 Å². The quantitative estimate of drug-likeness (QED) is 0.326. The zero-order chi connectivity index (χ0) is 22.8. The topological polar surface area (TPSA) is 90.2 Å². The molecule has 4 aromatic rings. The Morgan fingerprint density at radius 3 is 2.66 bits per heavy atom. The van der Waals surface area contributed by atoms with Crippen molar-refractivity contribution in [1.82, 2.24) is 19.5 Å². The lowest BCUT2D eigenvalue weighted by Crippen LogP contribution is -2.27. The number of rotatable bonds is 6. The highest BCUT2D eigenvalue weighted by Gasteiger charge is 2.27. The molecule has 4 heterocycles. The van der Waals surface area contributed by atoms with Crippen LogP contribution in [-0.2, 0) is 16.1 Å². The van der Waals surface area contributed by atoms with Gasteiger partial charge in [-0.25, -0.2) is 9.97 Å². The van der Waals surface area contributed by atoms with Gasteiger partial charge < -0.3 is 9.30 Å². The monoisotopic (exact) mass is 449 g/mol. The van der Waals surface area contributed by atoms with Gasteiger partial charge in [-0.05, 0) is 43.7 Å². The van der Waals surface area contributed by atoms with Crippen LogP contribution in [-0.4, -0.2) is 38.8 Å². The molecule has 0 fully saturated rings. The molecule has 1 amide bonds. The molecule has 9 heteroatoms. The number of ether oxygens (including phenoxy) is 1. The lowest BCUT2D eigenvalue weighted by atomic mass is 10.2. The fraction of sp³-hybridized carbons (Fsp3) is 0.174. The van der Waals surface area contributed by atoms with E-state index in [-0.39, 0.29) is 0 Å². The van der Waals surface area contributed by atoms with Gasteiger partial charge in [0.05, 0.1) is 35.7 Å². The summed E-state index contributed by atoms with van der Waals surface area (Å²) < 4.78 is 7.17. The van der Waals surface area contributed by atoms with Gasteiger partial charge in [-0.1, -0.05) is 11.6 Å². The normalized spacial score (nSPS) is 10.9. The second kappa shape index (κ2) is 8.76. The number of carbonyl (C=O) groups excluding carboxylic acids is 2. The Kier molecular flexibility index (Phi) is 5.87. The van der Waals surface area contributed by atoms with Gasteiger partial charge in [-0.2, -0.15) is 0 Å². The number of amides is 1. The van der Waals surface area contributed by atoms with Crippen LogP contribution in [0.5, 0.6) is 5.88 Å². The molecule has 0 aromatic carbocycles. The molecule has 0 bridgehead atoms. The lowest BCUT2D eigenvalue weighted by molar-refractivity contribution is -0.129. The average molecular weight is 450 g/mol. The molecule has 0 unspecified atom stereocenters. The molecule has 0 atom stereocenters. The molecular weight excluding hydrogens is 430 g/mol. The number of halogens is 1. The Morgan fingerprint density at radius 2 is 1.97 bits per heavy atom. The first-order chi connectivity index (χ1) is 15.4. The minimum atomic E-state index is -0.716. The lowest BCUT2D eigenvalue weighted by Gasteiger charge is -2.21. The molecule has 8 nitrogen and oxygen atoms in total. The van der Waals surface area contributed by atoms with Crippen LogP contribution in [0.25, 0.3) is 11.0 Å². The van der Waals surface area contributed by atoms with E-state index in [4.69, 9.17) is 16.3 Å². The highest BCUT2D eigenvalue weighted by Crippen LogP contribution is 2.38. The van der Waals surface area contributed by atoms with Crippen LogP contribution in [0.4, 0.5) is 11.4 Å². The van der Waals surface area contributed by atoms with Crippen LogP contribution in [0.3, 0.4) is 0 Å². The number of aryl methyl sites for hydroxylation is 1. The number of hydrogen-bond donors (Lipinski definition) is 0. The Labute approximate surface area is 189 Å². The molecule has 4 aromatic heterocycles. The Morgan fingerprint density at radius 1 is 1.16 bits per heavy atom. The number of carbonyl (C=O) groups is 2. The van der Waals surface area contributed by atoms with Gasteiger partial charge in [0.15, 0.2) is 0 Å². The number of aromatic nitrogens is 4. The van der Waals surface area contributed by atoms with E-state index in [0.29, 0.717) is 40.8 Å². The van der Waals surface area contributed by atoms with E-state index < -0.39 is 5.91 Å². The second-order valence-corrected chi connectivity index (χ2v) is 7.66. The van der Waals surface area contributed by atoms with Gasteiger partial charge in [0, 0.05) is 35.7 Å². The van der Waals surface area contributed by atoms with Crippen molar-refractivity contribution in [3.05, 3.63) is 70.9 Å². The Bertz CT molecular complexity index is 1320. The standard InChI is InChI=1S/C23H20ClN5O3/c1-14-8-19-22(29(21(31)13-30)18-6-7-25-20(9-18)32-3)15(2)28(23(19)27-10-14)12-17-5-4-16(24)11-26-17/h4-11,13H,12H2,1-3H3. The molecule has 162 valence electrons. The Hall–Kier alpha value is -3.78. The van der Waals surface area contributed by atoms with E-state index in [1.54, 1.807) is 30.6 Å². The first-order valence-corrected chi connectivity index (χ1v) is 10.2. The van der Waals surface area contributed by atoms with Crippen molar-refractivity contribution in [2.75, 3.05) is 12.0 Å². The summed E-state index contributed by atoms with van der Waals surface area (Å²) in [4.78, 5) is 38.9. The third-order valence-electron chi connectivity index (χ3n) is 5.10. The fourth-order valence-electron chi connectivity index (χ4n) is 3.64. The van der Waals surface area contributed by atoms with Crippen molar-refractivity contribution in [2.24, 2.45) is 0 Å². The first-order valence-electron chi connectivity index (χ1n) is 9.78. The highest BCUT2D eigenvalue weighted by atomic mass is 35.5. The zero-order valence-electron chi connectivity index (χ0n) is 17.7. The average Bonchev–Trinajstić information content (AvgIpc) is 3.06. The van der Waals surface area contributed by atoms with Gasteiger partial charge in [-0.15, -0.1) is 0 Å². The summed E-state index contributed by atoms with van der Waals surface area (Å²) in [7, 11) is 1.49. The molecule has 0 aliphatic heterocycles. The van der Waals surface area contributed by atoms with Crippen molar-refractivity contribution >= 4 is 46.2 Å². The molecule has 32 heavy (non-hydrogen) atoms. The number of pyridine rings is 3. The summed E-state index contributed by atoms with van der Waals surface area (Å²) >= 11 is 5.97. The predicted molar refractivity (Wildman–Crippen MR) is 122 cm³/mol. The van der Waals surface area contributed by atoms with Gasteiger partial charge in [0.25, 0.3) is 5.91 Å². The van der Waals surface area contributed by atoms with Gasteiger partial charge in [-0.3, -0.25) is 19.5 Å². The number of aldehydes is 1. The maximum absolute atomic E-state index is 12.8. The fourth-order valence-corrected chi connectivity index (χ4v) is 3.75. The van der Waals surface area contributed by atoms with E-state index in [9.17, 15) is 9.59 Å².